The highest BCUT2D eigenvalue weighted by molar-refractivity contribution is 7.45. The number of nitrogens with zero attached hydrogens (tertiary/aromatic N) is 1. The van der Waals surface area contributed by atoms with Crippen LogP contribution in [0, 0.1) is 0 Å². The zero-order valence-electron chi connectivity index (χ0n) is 51.5. The van der Waals surface area contributed by atoms with Crippen LogP contribution < -0.4 is 4.89 Å². The Hall–Kier alpha value is -4.11. The molecule has 0 rings (SSSR count). The molecule has 80 heavy (non-hydrogen) atoms. The summed E-state index contributed by atoms with van der Waals surface area (Å²) >= 11 is 0. The van der Waals surface area contributed by atoms with Crippen molar-refractivity contribution >= 4 is 19.8 Å². The smallest absolute Gasteiger partial charge is 0.306 e. The molecule has 0 fully saturated rings. The molecule has 0 saturated carbocycles. The van der Waals surface area contributed by atoms with Gasteiger partial charge in [-0.05, 0) is 116 Å². The average Bonchev–Trinajstić information content (AvgIpc) is 3.42. The number of carbonyl (C=O) groups excluding carboxylic acids is 2. The molecule has 0 N–H and O–H groups in total. The maximum atomic E-state index is 12.8. The predicted molar refractivity (Wildman–Crippen MR) is 341 cm³/mol. The first-order valence-electron chi connectivity index (χ1n) is 31.5. The molecular weight excluding hydrogens is 1010 g/mol. The Labute approximate surface area is 491 Å². The van der Waals surface area contributed by atoms with Crippen molar-refractivity contribution in [1.29, 1.82) is 0 Å². The van der Waals surface area contributed by atoms with E-state index in [1.54, 1.807) is 0 Å². The van der Waals surface area contributed by atoms with Gasteiger partial charge in [-0.15, -0.1) is 0 Å². The van der Waals surface area contributed by atoms with Gasteiger partial charge in [-0.3, -0.25) is 14.2 Å². The van der Waals surface area contributed by atoms with Crippen LogP contribution >= 0.6 is 7.82 Å². The Bertz CT molecular complexity index is 1860. The van der Waals surface area contributed by atoms with Gasteiger partial charge < -0.3 is 27.9 Å². The summed E-state index contributed by atoms with van der Waals surface area (Å²) in [4.78, 5) is 38.0. The van der Waals surface area contributed by atoms with Crippen LogP contribution in [0.15, 0.2) is 146 Å². The lowest BCUT2D eigenvalue weighted by molar-refractivity contribution is -0.870. The Kier molecular flexibility index (Phi) is 56.5. The fourth-order valence-corrected chi connectivity index (χ4v) is 8.80. The van der Waals surface area contributed by atoms with Crippen LogP contribution in [0.1, 0.15) is 232 Å². The van der Waals surface area contributed by atoms with E-state index in [-0.39, 0.29) is 26.1 Å². The number of ether oxygens (including phenoxy) is 2. The van der Waals surface area contributed by atoms with Gasteiger partial charge in [-0.25, -0.2) is 0 Å². The Morgan fingerprint density at radius 2 is 0.675 bits per heavy atom. The van der Waals surface area contributed by atoms with Gasteiger partial charge in [0.05, 0.1) is 27.7 Å². The molecule has 0 aliphatic carbocycles. The van der Waals surface area contributed by atoms with Crippen molar-refractivity contribution in [3.63, 3.8) is 0 Å². The third-order valence-electron chi connectivity index (χ3n) is 12.9. The Morgan fingerprint density at radius 3 is 1.00 bits per heavy atom. The van der Waals surface area contributed by atoms with E-state index in [0.29, 0.717) is 17.4 Å². The molecule has 2 atom stereocenters. The molecule has 9 nitrogen and oxygen atoms in total. The van der Waals surface area contributed by atoms with Crippen LogP contribution in [0.25, 0.3) is 0 Å². The molecule has 0 saturated heterocycles. The van der Waals surface area contributed by atoms with E-state index in [4.69, 9.17) is 18.5 Å². The summed E-state index contributed by atoms with van der Waals surface area (Å²) in [6.45, 7) is 3.98. The molecule has 0 radical (unpaired) electrons. The summed E-state index contributed by atoms with van der Waals surface area (Å²) in [5.41, 5.74) is 0. The summed E-state index contributed by atoms with van der Waals surface area (Å²) in [6.07, 6.45) is 87.5. The summed E-state index contributed by atoms with van der Waals surface area (Å²) < 4.78 is 34.2. The lowest BCUT2D eigenvalue weighted by Crippen LogP contribution is -2.37. The minimum absolute atomic E-state index is 0.0417. The van der Waals surface area contributed by atoms with Crippen molar-refractivity contribution < 1.29 is 42.1 Å². The van der Waals surface area contributed by atoms with E-state index in [1.165, 1.54) is 57.8 Å². The van der Waals surface area contributed by atoms with Crippen LogP contribution in [0.4, 0.5) is 0 Å². The molecule has 2 unspecified atom stereocenters. The molecule has 0 heterocycles. The second-order valence-electron chi connectivity index (χ2n) is 21.7. The molecule has 454 valence electrons. The first kappa shape index (κ1) is 75.9. The minimum atomic E-state index is -4.65. The highest BCUT2D eigenvalue weighted by atomic mass is 31.2. The standard InChI is InChI=1S/C70H116NO8P/c1-6-8-10-12-14-16-18-20-22-24-26-28-30-32-34-35-37-39-41-43-45-47-49-51-53-55-57-59-61-63-70(73)79-68(67-78-80(74,75)77-65-64-71(3,4)5)66-76-69(72)62-60-58-56-54-52-50-48-46-44-42-40-38-36-33-31-29-27-25-23-21-19-17-15-13-11-9-7-2/h8-11,14-17,20-23,26-29,32-34,36-37,39,43,45,68H,6-7,12-13,18-19,24-25,30-31,35,38,40-42,44,46-67H2,1-5H3/b10-8-,11-9-,16-14-,17-15-,22-20-,23-21-,28-26-,29-27-,34-32-,36-33-,39-37-,45-43-. The molecular formula is C70H116NO8P. The second-order valence-corrected chi connectivity index (χ2v) is 23.1. The molecule has 0 aromatic heterocycles. The molecule has 0 aromatic rings. The maximum absolute atomic E-state index is 12.8. The van der Waals surface area contributed by atoms with Crippen LogP contribution in [-0.4, -0.2) is 70.0 Å². The highest BCUT2D eigenvalue weighted by Crippen LogP contribution is 2.38. The first-order chi connectivity index (χ1) is 39.0. The molecule has 0 aromatic carbocycles. The van der Waals surface area contributed by atoms with E-state index in [2.05, 4.69) is 160 Å². The molecule has 0 spiro atoms. The Morgan fingerprint density at radius 1 is 0.388 bits per heavy atom. The SMILES string of the molecule is CC/C=C\C/C=C\C/C=C\C/C=C\C/C=C\C/C=C\C/C=C\CCCCCCCCCC(=O)OC(COC(=O)CCCCCCCCCCCCC/C=C\C/C=C\C/C=C\C/C=C\C/C=C\CC)COP(=O)([O-])OCC[N+](C)(C)C. The van der Waals surface area contributed by atoms with Crippen LogP contribution in [0.2, 0.25) is 0 Å². The van der Waals surface area contributed by atoms with Crippen molar-refractivity contribution in [3.8, 4) is 0 Å². The number of unbranched alkanes of at least 4 members (excludes halogenated alkanes) is 18. The van der Waals surface area contributed by atoms with E-state index >= 15 is 0 Å². The van der Waals surface area contributed by atoms with E-state index < -0.39 is 32.5 Å². The van der Waals surface area contributed by atoms with Crippen LogP contribution in [0.5, 0.6) is 0 Å². The lowest BCUT2D eigenvalue weighted by Gasteiger charge is -2.28. The van der Waals surface area contributed by atoms with Gasteiger partial charge >= 0.3 is 11.9 Å². The van der Waals surface area contributed by atoms with Gasteiger partial charge in [-0.2, -0.15) is 0 Å². The number of rotatable bonds is 56. The second kappa shape index (κ2) is 59.5. The lowest BCUT2D eigenvalue weighted by atomic mass is 10.0. The number of esters is 2. The maximum Gasteiger partial charge on any atom is 0.306 e. The topological polar surface area (TPSA) is 111 Å². The molecule has 0 aliphatic heterocycles. The number of allylic oxidation sites excluding steroid dienone is 24. The zero-order chi connectivity index (χ0) is 58.4. The normalized spacial score (nSPS) is 14.2. The number of phosphoric acid groups is 1. The van der Waals surface area contributed by atoms with Crippen LogP contribution in [-0.2, 0) is 32.7 Å². The van der Waals surface area contributed by atoms with Gasteiger partial charge in [0.25, 0.3) is 7.82 Å². The zero-order valence-corrected chi connectivity index (χ0v) is 52.4. The van der Waals surface area contributed by atoms with Gasteiger partial charge in [0.2, 0.25) is 0 Å². The molecule has 0 amide bonds. The molecule has 0 aliphatic rings. The third kappa shape index (κ3) is 63.1. The number of hydrogen-bond donors (Lipinski definition) is 0. The average molecular weight is 1130 g/mol. The third-order valence-corrected chi connectivity index (χ3v) is 13.8. The van der Waals surface area contributed by atoms with E-state index in [0.717, 1.165) is 141 Å². The van der Waals surface area contributed by atoms with Gasteiger partial charge in [0, 0.05) is 12.8 Å². The predicted octanol–water partition coefficient (Wildman–Crippen LogP) is 19.6. The number of carbonyl (C=O) groups is 2. The summed E-state index contributed by atoms with van der Waals surface area (Å²) in [5.74, 6) is -0.858. The van der Waals surface area contributed by atoms with Crippen molar-refractivity contribution in [1.82, 2.24) is 0 Å². The number of quaternary nitrogens is 1. The molecule has 10 heteroatoms. The number of phosphoric ester groups is 1. The van der Waals surface area contributed by atoms with Gasteiger partial charge in [0.1, 0.15) is 19.8 Å². The van der Waals surface area contributed by atoms with Gasteiger partial charge in [-0.1, -0.05) is 250 Å². The van der Waals surface area contributed by atoms with Crippen molar-refractivity contribution in [3.05, 3.63) is 146 Å². The van der Waals surface area contributed by atoms with E-state index in [1.807, 2.05) is 21.1 Å². The monoisotopic (exact) mass is 1130 g/mol. The number of likely N-dealkylation sites (N-methyl/N-ethyl adjacent to an activating group) is 1. The van der Waals surface area contributed by atoms with Gasteiger partial charge in [0.15, 0.2) is 6.10 Å². The summed E-state index contributed by atoms with van der Waals surface area (Å²) in [6, 6.07) is 0. The highest BCUT2D eigenvalue weighted by Gasteiger charge is 2.22. The summed E-state index contributed by atoms with van der Waals surface area (Å²) in [5, 5.41) is 0. The van der Waals surface area contributed by atoms with Crippen molar-refractivity contribution in [2.24, 2.45) is 0 Å². The summed E-state index contributed by atoms with van der Waals surface area (Å²) in [7, 11) is 1.14. The minimum Gasteiger partial charge on any atom is -0.756 e. The largest absolute Gasteiger partial charge is 0.756 e. The van der Waals surface area contributed by atoms with Crippen molar-refractivity contribution in [2.45, 2.75) is 238 Å². The fraction of sp³-hybridized carbons (Fsp3) is 0.629. The number of hydrogen-bond acceptors (Lipinski definition) is 8. The van der Waals surface area contributed by atoms with E-state index in [9.17, 15) is 19.0 Å². The Balaban J connectivity index is 4.20. The molecule has 0 bridgehead atoms. The first-order valence-corrected chi connectivity index (χ1v) is 33.0. The fourth-order valence-electron chi connectivity index (χ4n) is 8.07. The van der Waals surface area contributed by atoms with Crippen molar-refractivity contribution in [2.75, 3.05) is 47.5 Å². The van der Waals surface area contributed by atoms with Crippen LogP contribution in [0.3, 0.4) is 0 Å². The quantitative estimate of drug-likeness (QED) is 0.0195.